The highest BCUT2D eigenvalue weighted by atomic mass is 19.1. The first kappa shape index (κ1) is 21.0. The molecule has 2 aromatic heterocycles. The van der Waals surface area contributed by atoms with Crippen LogP contribution in [0.4, 0.5) is 4.39 Å². The van der Waals surface area contributed by atoms with Crippen molar-refractivity contribution >= 4 is 5.91 Å². The molecule has 2 heterocycles. The molecule has 2 N–H and O–H groups in total. The van der Waals surface area contributed by atoms with Crippen molar-refractivity contribution in [1.29, 1.82) is 0 Å². The number of hydrogen-bond acceptors (Lipinski definition) is 5. The largest absolute Gasteiger partial charge is 0.497 e. The number of aromatic amines is 1. The maximum Gasteiger partial charge on any atom is 0.269 e. The highest BCUT2D eigenvalue weighted by Crippen LogP contribution is 2.22. The molecule has 162 valence electrons. The number of amides is 1. The van der Waals surface area contributed by atoms with Crippen molar-refractivity contribution in [3.8, 4) is 28.3 Å². The minimum Gasteiger partial charge on any atom is -0.497 e. The topological polar surface area (TPSA) is 102 Å². The number of aromatic nitrogens is 4. The summed E-state index contributed by atoms with van der Waals surface area (Å²) in [4.78, 5) is 24.6. The molecular weight excluding hydrogens is 413 g/mol. The van der Waals surface area contributed by atoms with Gasteiger partial charge in [0.1, 0.15) is 17.3 Å². The highest BCUT2D eigenvalue weighted by Gasteiger charge is 2.12. The van der Waals surface area contributed by atoms with Gasteiger partial charge in [-0.2, -0.15) is 10.2 Å². The van der Waals surface area contributed by atoms with Gasteiger partial charge in [0, 0.05) is 23.7 Å². The van der Waals surface area contributed by atoms with E-state index in [4.69, 9.17) is 4.74 Å². The Kier molecular flexibility index (Phi) is 6.07. The fourth-order valence-electron chi connectivity index (χ4n) is 3.12. The van der Waals surface area contributed by atoms with Gasteiger partial charge in [0.25, 0.3) is 11.5 Å². The van der Waals surface area contributed by atoms with Crippen LogP contribution in [0.2, 0.25) is 0 Å². The summed E-state index contributed by atoms with van der Waals surface area (Å²) < 4.78 is 19.6. The van der Waals surface area contributed by atoms with Gasteiger partial charge in [0.15, 0.2) is 0 Å². The maximum absolute atomic E-state index is 13.1. The average molecular weight is 433 g/mol. The number of nitrogens with one attached hydrogen (secondary N) is 2. The SMILES string of the molecule is COc1cccc(-c2cc(C(=O)NCCn3nc(-c4ccc(F)cc4)ccc3=O)[nH]n2)c1. The van der Waals surface area contributed by atoms with Crippen LogP contribution in [0.3, 0.4) is 0 Å². The second-order valence-electron chi connectivity index (χ2n) is 6.94. The van der Waals surface area contributed by atoms with Crippen LogP contribution in [0.5, 0.6) is 5.75 Å². The zero-order valence-corrected chi connectivity index (χ0v) is 17.2. The van der Waals surface area contributed by atoms with Gasteiger partial charge in [-0.05, 0) is 48.5 Å². The molecule has 0 unspecified atom stereocenters. The third kappa shape index (κ3) is 4.72. The average Bonchev–Trinajstić information content (AvgIpc) is 3.31. The van der Waals surface area contributed by atoms with Crippen molar-refractivity contribution in [2.45, 2.75) is 6.54 Å². The van der Waals surface area contributed by atoms with E-state index in [0.717, 1.165) is 5.56 Å². The molecule has 9 heteroatoms. The molecule has 4 aromatic rings. The van der Waals surface area contributed by atoms with E-state index in [1.165, 1.54) is 22.9 Å². The Morgan fingerprint density at radius 3 is 2.66 bits per heavy atom. The van der Waals surface area contributed by atoms with E-state index >= 15 is 0 Å². The molecule has 0 aliphatic carbocycles. The van der Waals surface area contributed by atoms with Crippen LogP contribution in [-0.4, -0.2) is 39.5 Å². The Morgan fingerprint density at radius 1 is 1.06 bits per heavy atom. The van der Waals surface area contributed by atoms with Crippen molar-refractivity contribution < 1.29 is 13.9 Å². The molecule has 2 aromatic carbocycles. The Balaban J connectivity index is 1.40. The third-order valence-corrected chi connectivity index (χ3v) is 4.80. The van der Waals surface area contributed by atoms with Gasteiger partial charge in [0.2, 0.25) is 0 Å². The van der Waals surface area contributed by atoms with Crippen LogP contribution in [0.15, 0.2) is 71.5 Å². The minimum atomic E-state index is -0.352. The lowest BCUT2D eigenvalue weighted by molar-refractivity contribution is 0.0946. The first-order valence-electron chi connectivity index (χ1n) is 9.85. The summed E-state index contributed by atoms with van der Waals surface area (Å²) in [6.45, 7) is 0.364. The molecule has 1 amide bonds. The second kappa shape index (κ2) is 9.25. The summed E-state index contributed by atoms with van der Waals surface area (Å²) in [5, 5.41) is 13.9. The lowest BCUT2D eigenvalue weighted by atomic mass is 10.1. The van der Waals surface area contributed by atoms with E-state index in [1.54, 1.807) is 31.4 Å². The van der Waals surface area contributed by atoms with Gasteiger partial charge in [-0.3, -0.25) is 14.7 Å². The number of benzene rings is 2. The van der Waals surface area contributed by atoms with Crippen LogP contribution in [0.25, 0.3) is 22.5 Å². The Labute approximate surface area is 182 Å². The molecule has 0 aliphatic rings. The molecule has 0 saturated carbocycles. The van der Waals surface area contributed by atoms with E-state index in [1.807, 2.05) is 24.3 Å². The van der Waals surface area contributed by atoms with Gasteiger partial charge >= 0.3 is 0 Å². The quantitative estimate of drug-likeness (QED) is 0.467. The molecule has 0 radical (unpaired) electrons. The Hall–Kier alpha value is -4.27. The molecule has 0 aliphatic heterocycles. The predicted octanol–water partition coefficient (Wildman–Crippen LogP) is 2.88. The number of nitrogens with zero attached hydrogens (tertiary/aromatic N) is 3. The number of hydrogen-bond donors (Lipinski definition) is 2. The first-order valence-corrected chi connectivity index (χ1v) is 9.85. The zero-order valence-electron chi connectivity index (χ0n) is 17.2. The smallest absolute Gasteiger partial charge is 0.269 e. The monoisotopic (exact) mass is 433 g/mol. The van der Waals surface area contributed by atoms with Crippen molar-refractivity contribution in [3.05, 3.63) is 88.6 Å². The molecular formula is C23H20FN5O3. The number of carbonyl (C=O) groups excluding carboxylic acids is 1. The van der Waals surface area contributed by atoms with E-state index in [-0.39, 0.29) is 30.4 Å². The molecule has 8 nitrogen and oxygen atoms in total. The number of H-pyrrole nitrogens is 1. The fourth-order valence-corrected chi connectivity index (χ4v) is 3.12. The highest BCUT2D eigenvalue weighted by molar-refractivity contribution is 5.93. The number of rotatable bonds is 7. The van der Waals surface area contributed by atoms with E-state index in [9.17, 15) is 14.0 Å². The van der Waals surface area contributed by atoms with Crippen molar-refractivity contribution in [2.75, 3.05) is 13.7 Å². The third-order valence-electron chi connectivity index (χ3n) is 4.80. The molecule has 0 bridgehead atoms. The van der Waals surface area contributed by atoms with Gasteiger partial charge in [-0.1, -0.05) is 12.1 Å². The van der Waals surface area contributed by atoms with Gasteiger partial charge in [-0.15, -0.1) is 0 Å². The fraction of sp³-hybridized carbons (Fsp3) is 0.130. The molecule has 0 spiro atoms. The molecule has 32 heavy (non-hydrogen) atoms. The lowest BCUT2D eigenvalue weighted by Gasteiger charge is -2.08. The standard InChI is InChI=1S/C23H20FN5O3/c1-32-18-4-2-3-16(13-18)20-14-21(27-26-20)23(31)25-11-12-29-22(30)10-9-19(28-29)15-5-7-17(24)8-6-15/h2-10,13-14H,11-12H2,1H3,(H,25,31)(H,26,27). The summed E-state index contributed by atoms with van der Waals surface area (Å²) in [5.74, 6) is -0.00940. The predicted molar refractivity (Wildman–Crippen MR) is 117 cm³/mol. The first-order chi connectivity index (χ1) is 15.5. The summed E-state index contributed by atoms with van der Waals surface area (Å²) in [5.41, 5.74) is 2.64. The van der Waals surface area contributed by atoms with E-state index in [2.05, 4.69) is 20.6 Å². The maximum atomic E-state index is 13.1. The molecule has 0 saturated heterocycles. The molecule has 4 rings (SSSR count). The minimum absolute atomic E-state index is 0.177. The number of ether oxygens (including phenoxy) is 1. The Morgan fingerprint density at radius 2 is 1.88 bits per heavy atom. The van der Waals surface area contributed by atoms with Gasteiger partial charge in [0.05, 0.1) is 25.0 Å². The van der Waals surface area contributed by atoms with Crippen LogP contribution in [0.1, 0.15) is 10.5 Å². The van der Waals surface area contributed by atoms with Gasteiger partial charge in [-0.25, -0.2) is 9.07 Å². The van der Waals surface area contributed by atoms with Crippen LogP contribution < -0.4 is 15.6 Å². The number of methoxy groups -OCH3 is 1. The summed E-state index contributed by atoms with van der Waals surface area (Å²) in [6.07, 6.45) is 0. The normalized spacial score (nSPS) is 10.7. The number of carbonyl (C=O) groups is 1. The van der Waals surface area contributed by atoms with E-state index in [0.29, 0.717) is 28.4 Å². The van der Waals surface area contributed by atoms with Crippen LogP contribution in [0, 0.1) is 5.82 Å². The van der Waals surface area contributed by atoms with Crippen molar-refractivity contribution in [1.82, 2.24) is 25.3 Å². The van der Waals surface area contributed by atoms with Crippen LogP contribution in [-0.2, 0) is 6.54 Å². The number of halogens is 1. The Bertz CT molecular complexity index is 1300. The summed E-state index contributed by atoms with van der Waals surface area (Å²) >= 11 is 0. The van der Waals surface area contributed by atoms with Crippen molar-refractivity contribution in [2.24, 2.45) is 0 Å². The lowest BCUT2D eigenvalue weighted by Crippen LogP contribution is -2.32. The van der Waals surface area contributed by atoms with E-state index < -0.39 is 0 Å². The van der Waals surface area contributed by atoms with Crippen LogP contribution >= 0.6 is 0 Å². The van der Waals surface area contributed by atoms with Gasteiger partial charge < -0.3 is 10.1 Å². The molecule has 0 fully saturated rings. The molecule has 0 atom stereocenters. The zero-order chi connectivity index (χ0) is 22.5. The second-order valence-corrected chi connectivity index (χ2v) is 6.94. The summed E-state index contributed by atoms with van der Waals surface area (Å²) in [7, 11) is 1.58. The van der Waals surface area contributed by atoms with Crippen molar-refractivity contribution in [3.63, 3.8) is 0 Å². The summed E-state index contributed by atoms with van der Waals surface area (Å²) in [6, 6.07) is 17.8.